The van der Waals surface area contributed by atoms with Crippen molar-refractivity contribution in [2.24, 2.45) is 5.92 Å². The van der Waals surface area contributed by atoms with Gasteiger partial charge in [0.15, 0.2) is 0 Å². The van der Waals surface area contributed by atoms with Gasteiger partial charge >= 0.3 is 0 Å². The molecule has 0 unspecified atom stereocenters. The number of sulfonamides is 1. The first-order chi connectivity index (χ1) is 10.0. The first kappa shape index (κ1) is 15.3. The van der Waals surface area contributed by atoms with E-state index >= 15 is 0 Å². The second-order valence-corrected chi connectivity index (χ2v) is 8.30. The normalized spacial score (nSPS) is 26.7. The Balaban J connectivity index is 1.72. The lowest BCUT2D eigenvalue weighted by Crippen LogP contribution is -2.45. The molecule has 1 heterocycles. The molecule has 3 rings (SSSR count). The first-order valence-corrected chi connectivity index (χ1v) is 9.30. The van der Waals surface area contributed by atoms with E-state index in [4.69, 9.17) is 16.3 Å². The maximum absolute atomic E-state index is 12.5. The number of hydrogen-bond acceptors (Lipinski definition) is 3. The van der Waals surface area contributed by atoms with Crippen LogP contribution >= 0.6 is 11.6 Å². The van der Waals surface area contributed by atoms with E-state index in [-0.39, 0.29) is 17.2 Å². The predicted octanol–water partition coefficient (Wildman–Crippen LogP) is 2.37. The Kier molecular flexibility index (Phi) is 4.54. The van der Waals surface area contributed by atoms with Crippen LogP contribution in [0, 0.1) is 5.92 Å². The van der Waals surface area contributed by atoms with Gasteiger partial charge in [-0.25, -0.2) is 13.1 Å². The van der Waals surface area contributed by atoms with Gasteiger partial charge in [0.05, 0.1) is 11.9 Å². The summed E-state index contributed by atoms with van der Waals surface area (Å²) >= 11 is 5.89. The molecule has 1 aromatic rings. The summed E-state index contributed by atoms with van der Waals surface area (Å²) in [5, 5.41) is 0.334. The Morgan fingerprint density at radius 1 is 1.19 bits per heavy atom. The molecule has 1 aliphatic carbocycles. The van der Waals surface area contributed by atoms with E-state index in [1.807, 2.05) is 24.3 Å². The van der Waals surface area contributed by atoms with E-state index in [2.05, 4.69) is 4.72 Å². The molecule has 1 aromatic carbocycles. The molecule has 116 valence electrons. The molecule has 1 N–H and O–H groups in total. The van der Waals surface area contributed by atoms with Gasteiger partial charge in [0.1, 0.15) is 0 Å². The molecule has 2 aliphatic rings. The summed E-state index contributed by atoms with van der Waals surface area (Å²) < 4.78 is 33.3. The number of hydrogen-bond donors (Lipinski definition) is 1. The van der Waals surface area contributed by atoms with Crippen LogP contribution in [-0.4, -0.2) is 32.9 Å². The Labute approximate surface area is 130 Å². The molecule has 6 heteroatoms. The molecule has 0 spiro atoms. The van der Waals surface area contributed by atoms with Crippen molar-refractivity contribution < 1.29 is 13.2 Å². The van der Waals surface area contributed by atoms with Crippen molar-refractivity contribution in [2.75, 3.05) is 13.2 Å². The van der Waals surface area contributed by atoms with Gasteiger partial charge in [0, 0.05) is 23.6 Å². The third kappa shape index (κ3) is 3.97. The monoisotopic (exact) mass is 329 g/mol. The Hall–Kier alpha value is -0.620. The van der Waals surface area contributed by atoms with Crippen LogP contribution in [0.25, 0.3) is 0 Å². The van der Waals surface area contributed by atoms with Crippen molar-refractivity contribution in [2.45, 2.75) is 37.0 Å². The minimum absolute atomic E-state index is 0.00354. The lowest BCUT2D eigenvalue weighted by Gasteiger charge is -2.31. The van der Waals surface area contributed by atoms with Crippen LogP contribution in [0.5, 0.6) is 0 Å². The summed E-state index contributed by atoms with van der Waals surface area (Å²) in [6.45, 7) is 1.02. The fraction of sp³-hybridized carbons (Fsp3) is 0.600. The molecule has 21 heavy (non-hydrogen) atoms. The van der Waals surface area contributed by atoms with Gasteiger partial charge in [0.25, 0.3) is 0 Å². The lowest BCUT2D eigenvalue weighted by molar-refractivity contribution is 0.0570. The maximum Gasteiger partial charge on any atom is 0.215 e. The molecule has 0 bridgehead atoms. The third-order valence-electron chi connectivity index (χ3n) is 4.12. The van der Waals surface area contributed by atoms with Crippen LogP contribution in [-0.2, 0) is 21.2 Å². The van der Waals surface area contributed by atoms with Crippen molar-refractivity contribution in [3.05, 3.63) is 34.9 Å². The lowest BCUT2D eigenvalue weighted by atomic mass is 9.94. The van der Waals surface area contributed by atoms with E-state index in [1.54, 1.807) is 0 Å². The topological polar surface area (TPSA) is 55.4 Å². The SMILES string of the molecule is O=S(=O)(NC1CC1)[C@@H]1CCOC[C@H]1Cc1ccc(Cl)cc1. The first-order valence-electron chi connectivity index (χ1n) is 7.38. The largest absolute Gasteiger partial charge is 0.381 e. The molecule has 2 fully saturated rings. The summed E-state index contributed by atoms with van der Waals surface area (Å²) in [6.07, 6.45) is 3.20. The zero-order valence-electron chi connectivity index (χ0n) is 11.8. The van der Waals surface area contributed by atoms with Gasteiger partial charge in [-0.2, -0.15) is 0 Å². The predicted molar refractivity (Wildman–Crippen MR) is 82.9 cm³/mol. The van der Waals surface area contributed by atoms with Gasteiger partial charge in [-0.15, -0.1) is 0 Å². The molecule has 0 aromatic heterocycles. The van der Waals surface area contributed by atoms with Crippen LogP contribution in [0.2, 0.25) is 5.02 Å². The number of ether oxygens (including phenoxy) is 1. The van der Waals surface area contributed by atoms with Gasteiger partial charge in [-0.3, -0.25) is 0 Å². The molecule has 1 aliphatic heterocycles. The second kappa shape index (κ2) is 6.24. The van der Waals surface area contributed by atoms with Crippen molar-refractivity contribution in [1.82, 2.24) is 4.72 Å². The zero-order chi connectivity index (χ0) is 14.9. The summed E-state index contributed by atoms with van der Waals surface area (Å²) in [4.78, 5) is 0. The molecule has 1 saturated heterocycles. The quantitative estimate of drug-likeness (QED) is 0.902. The molecule has 0 amide bonds. The number of rotatable bonds is 5. The smallest absolute Gasteiger partial charge is 0.215 e. The van der Waals surface area contributed by atoms with Gasteiger partial charge < -0.3 is 4.74 Å². The average molecular weight is 330 g/mol. The molecule has 4 nitrogen and oxygen atoms in total. The van der Waals surface area contributed by atoms with Crippen molar-refractivity contribution >= 4 is 21.6 Å². The van der Waals surface area contributed by atoms with Gasteiger partial charge in [-0.05, 0) is 43.4 Å². The molecule has 1 saturated carbocycles. The number of halogens is 1. The molecule has 2 atom stereocenters. The maximum atomic E-state index is 12.5. The van der Waals surface area contributed by atoms with E-state index in [9.17, 15) is 8.42 Å². The summed E-state index contributed by atoms with van der Waals surface area (Å²) in [6, 6.07) is 7.75. The third-order valence-corrected chi connectivity index (χ3v) is 6.45. The Bertz CT molecular complexity index is 583. The summed E-state index contributed by atoms with van der Waals surface area (Å²) in [7, 11) is -3.25. The zero-order valence-corrected chi connectivity index (χ0v) is 13.4. The highest BCUT2D eigenvalue weighted by Crippen LogP contribution is 2.28. The second-order valence-electron chi connectivity index (χ2n) is 5.93. The fourth-order valence-electron chi connectivity index (χ4n) is 2.82. The van der Waals surface area contributed by atoms with Crippen LogP contribution in [0.15, 0.2) is 24.3 Å². The van der Waals surface area contributed by atoms with E-state index in [1.165, 1.54) is 0 Å². The van der Waals surface area contributed by atoms with Crippen LogP contribution in [0.3, 0.4) is 0 Å². The van der Waals surface area contributed by atoms with Crippen LogP contribution in [0.1, 0.15) is 24.8 Å². The van der Waals surface area contributed by atoms with Crippen molar-refractivity contribution in [3.63, 3.8) is 0 Å². The van der Waals surface area contributed by atoms with Crippen molar-refractivity contribution in [3.8, 4) is 0 Å². The fourth-order valence-corrected chi connectivity index (χ4v) is 4.91. The molecular formula is C15H20ClNO3S. The standard InChI is InChI=1S/C15H20ClNO3S/c16-13-3-1-11(2-4-13)9-12-10-20-8-7-15(12)21(18,19)17-14-5-6-14/h1-4,12,14-15,17H,5-10H2/t12-,15-/m1/s1. The minimum Gasteiger partial charge on any atom is -0.381 e. The van der Waals surface area contributed by atoms with E-state index in [0.29, 0.717) is 31.1 Å². The molecule has 0 radical (unpaired) electrons. The number of nitrogens with one attached hydrogen (secondary N) is 1. The highest BCUT2D eigenvalue weighted by atomic mass is 35.5. The summed E-state index contributed by atoms with van der Waals surface area (Å²) in [5.74, 6) is -0.00354. The highest BCUT2D eigenvalue weighted by molar-refractivity contribution is 7.90. The highest BCUT2D eigenvalue weighted by Gasteiger charge is 2.39. The van der Waals surface area contributed by atoms with Gasteiger partial charge in [-0.1, -0.05) is 23.7 Å². The Morgan fingerprint density at radius 2 is 1.90 bits per heavy atom. The van der Waals surface area contributed by atoms with E-state index in [0.717, 1.165) is 18.4 Å². The van der Waals surface area contributed by atoms with Crippen LogP contribution < -0.4 is 4.72 Å². The van der Waals surface area contributed by atoms with E-state index < -0.39 is 10.0 Å². The summed E-state index contributed by atoms with van der Waals surface area (Å²) in [5.41, 5.74) is 1.10. The average Bonchev–Trinajstić information content (AvgIpc) is 3.25. The number of benzene rings is 1. The van der Waals surface area contributed by atoms with Crippen LogP contribution in [0.4, 0.5) is 0 Å². The Morgan fingerprint density at radius 3 is 2.57 bits per heavy atom. The minimum atomic E-state index is -3.25. The molecular weight excluding hydrogens is 310 g/mol. The van der Waals surface area contributed by atoms with Crippen molar-refractivity contribution in [1.29, 1.82) is 0 Å². The van der Waals surface area contributed by atoms with Gasteiger partial charge in [0.2, 0.25) is 10.0 Å².